The Hall–Kier alpha value is -2.40. The number of nitrogen functional groups attached to an aromatic ring is 2. The minimum absolute atomic E-state index is 0.121. The van der Waals surface area contributed by atoms with Gasteiger partial charge in [0.1, 0.15) is 49.0 Å². The quantitative estimate of drug-likeness (QED) is 0.104. The van der Waals surface area contributed by atoms with Crippen LogP contribution in [-0.4, -0.2) is 106 Å². The highest BCUT2D eigenvalue weighted by atomic mass is 32.7. The maximum atomic E-state index is 12.5. The van der Waals surface area contributed by atoms with Gasteiger partial charge in [-0.25, -0.2) is 15.0 Å². The largest absolute Gasteiger partial charge is 0.478 e. The monoisotopic (exact) mass is 720 g/mol. The van der Waals surface area contributed by atoms with Crippen molar-refractivity contribution in [3.8, 4) is 0 Å². The van der Waals surface area contributed by atoms with Crippen LogP contribution < -0.4 is 17.0 Å². The molecule has 0 aliphatic carbocycles. The van der Waals surface area contributed by atoms with Crippen LogP contribution in [0, 0.1) is 0 Å². The van der Waals surface area contributed by atoms with E-state index in [2.05, 4.69) is 37.2 Å². The lowest BCUT2D eigenvalue weighted by Gasteiger charge is -2.27. The molecule has 3 fully saturated rings. The molecular formula is C22H28N9O11P2S2+. The number of nitrogens with two attached hydrogens (primary N) is 2. The zero-order chi connectivity index (χ0) is 32.5. The first-order chi connectivity index (χ1) is 21.9. The van der Waals surface area contributed by atoms with Gasteiger partial charge in [-0.15, -0.1) is 0 Å². The first kappa shape index (κ1) is 32.2. The molecule has 3 aliphatic rings. The van der Waals surface area contributed by atoms with Crippen molar-refractivity contribution in [3.63, 3.8) is 0 Å². The van der Waals surface area contributed by atoms with Gasteiger partial charge in [0.15, 0.2) is 35.7 Å². The van der Waals surface area contributed by atoms with Gasteiger partial charge in [0.2, 0.25) is 5.95 Å². The number of aromatic nitrogens is 7. The number of aliphatic hydroxyl groups excluding tert-OH is 2. The fourth-order valence-electron chi connectivity index (χ4n) is 5.53. The zero-order valence-electron chi connectivity index (χ0n) is 23.5. The maximum absolute atomic E-state index is 12.5. The van der Waals surface area contributed by atoms with Crippen LogP contribution >= 0.6 is 26.1 Å². The number of rotatable bonds is 3. The molecule has 0 saturated carbocycles. The lowest BCUT2D eigenvalue weighted by Crippen LogP contribution is -2.36. The molecule has 3 saturated heterocycles. The number of imidazole rings is 1. The van der Waals surface area contributed by atoms with E-state index in [1.54, 1.807) is 0 Å². The second-order valence-electron chi connectivity index (χ2n) is 10.5. The highest BCUT2D eigenvalue weighted by Gasteiger charge is 2.57. The van der Waals surface area contributed by atoms with E-state index in [0.29, 0.717) is 0 Å². The molecule has 46 heavy (non-hydrogen) atoms. The molecule has 10 atom stereocenters. The molecule has 0 aromatic carbocycles. The number of nitrogens with one attached hydrogen (secondary N) is 1. The average molecular weight is 721 g/mol. The van der Waals surface area contributed by atoms with E-state index < -0.39 is 75.1 Å². The Morgan fingerprint density at radius 2 is 1.89 bits per heavy atom. The van der Waals surface area contributed by atoms with Crippen LogP contribution in [0.2, 0.25) is 0 Å². The van der Waals surface area contributed by atoms with Crippen LogP contribution in [0.3, 0.4) is 0 Å². The predicted molar refractivity (Wildman–Crippen MR) is 165 cm³/mol. The molecule has 3 aliphatic heterocycles. The highest BCUT2D eigenvalue weighted by Crippen LogP contribution is 2.68. The van der Waals surface area contributed by atoms with Crippen molar-refractivity contribution in [2.45, 2.75) is 49.1 Å². The van der Waals surface area contributed by atoms with Gasteiger partial charge >= 0.3 is 13.9 Å². The average Bonchev–Trinajstić information content (AvgIpc) is 3.77. The molecule has 0 amide bonds. The maximum Gasteiger partial charge on any atom is 0.478 e. The normalized spacial score (nSPS) is 37.2. The predicted octanol–water partition coefficient (Wildman–Crippen LogP) is -0.467. The van der Waals surface area contributed by atoms with Crippen LogP contribution in [-0.2, 0) is 43.9 Å². The van der Waals surface area contributed by atoms with E-state index in [1.165, 1.54) is 41.2 Å². The Morgan fingerprint density at radius 1 is 1.11 bits per heavy atom. The van der Waals surface area contributed by atoms with E-state index in [1.807, 2.05) is 0 Å². The highest BCUT2D eigenvalue weighted by molar-refractivity contribution is 8.47. The summed E-state index contributed by atoms with van der Waals surface area (Å²) < 4.78 is 44.3. The summed E-state index contributed by atoms with van der Waals surface area (Å²) in [6.07, 6.45) is -5.83. The van der Waals surface area contributed by atoms with E-state index in [4.69, 9.17) is 55.4 Å². The molecule has 4 aromatic rings. The summed E-state index contributed by atoms with van der Waals surface area (Å²) in [7, 11) is -2.31. The molecule has 2 bridgehead atoms. The summed E-state index contributed by atoms with van der Waals surface area (Å²) in [5, 5.41) is 22.9. The van der Waals surface area contributed by atoms with Gasteiger partial charge in [0.25, 0.3) is 5.56 Å². The van der Waals surface area contributed by atoms with Crippen molar-refractivity contribution in [1.29, 1.82) is 0 Å². The number of nitrogens with zero attached hydrogens (tertiary/aromatic N) is 6. The number of aromatic amines is 1. The van der Waals surface area contributed by atoms with Gasteiger partial charge in [0, 0.05) is 6.20 Å². The second-order valence-corrected chi connectivity index (χ2v) is 16.5. The summed E-state index contributed by atoms with van der Waals surface area (Å²) in [6, 6.07) is 1.50. The molecule has 4 aromatic heterocycles. The Labute approximate surface area is 268 Å². The first-order valence-electron chi connectivity index (χ1n) is 13.5. The van der Waals surface area contributed by atoms with Gasteiger partial charge in [-0.2, -0.15) is 18.6 Å². The fourth-order valence-corrected chi connectivity index (χ4v) is 8.62. The minimum atomic E-state index is -4.14. The van der Waals surface area contributed by atoms with Crippen LogP contribution in [0.4, 0.5) is 11.8 Å². The van der Waals surface area contributed by atoms with Gasteiger partial charge in [0.05, 0.1) is 37.7 Å². The SMILES string of the molecule is CO[P+]1(S)OCC2OC(n3cnc4c(N)ncnc43)C(O)C2OP(O)(=S)OCC2OC(n3ccc4c(=O)[nH]c(N)nc43)C(O1)C2O. The van der Waals surface area contributed by atoms with Crippen LogP contribution in [0.25, 0.3) is 22.2 Å². The van der Waals surface area contributed by atoms with Crippen molar-refractivity contribution in [2.75, 3.05) is 31.8 Å². The van der Waals surface area contributed by atoms with Crippen molar-refractivity contribution in [1.82, 2.24) is 34.1 Å². The Kier molecular flexibility index (Phi) is 8.34. The lowest BCUT2D eigenvalue weighted by atomic mass is 10.1. The lowest BCUT2D eigenvalue weighted by molar-refractivity contribution is -0.0616. The number of aliphatic hydroxyl groups is 2. The third-order valence-corrected chi connectivity index (χ3v) is 11.8. The molecule has 24 heteroatoms. The second kappa shape index (κ2) is 11.9. The molecule has 248 valence electrons. The molecule has 10 unspecified atom stereocenters. The summed E-state index contributed by atoms with van der Waals surface area (Å²) in [4.78, 5) is 42.5. The number of hydrogen-bond acceptors (Lipinski definition) is 18. The third kappa shape index (κ3) is 5.61. The van der Waals surface area contributed by atoms with Crippen molar-refractivity contribution in [3.05, 3.63) is 35.3 Å². The number of hydrogen-bond donors (Lipinski definition) is 7. The summed E-state index contributed by atoms with van der Waals surface area (Å²) in [6.45, 7) is -4.96. The van der Waals surface area contributed by atoms with Crippen LogP contribution in [0.1, 0.15) is 12.5 Å². The Balaban J connectivity index is 1.22. The Morgan fingerprint density at radius 3 is 2.67 bits per heavy atom. The number of anilines is 2. The minimum Gasteiger partial charge on any atom is -0.387 e. The number of H-pyrrole nitrogens is 1. The summed E-state index contributed by atoms with van der Waals surface area (Å²) >= 11 is 9.84. The zero-order valence-corrected chi connectivity index (χ0v) is 27.0. The first-order valence-corrected chi connectivity index (χ1v) is 18.8. The molecule has 0 spiro atoms. The van der Waals surface area contributed by atoms with Crippen LogP contribution in [0.15, 0.2) is 29.7 Å². The van der Waals surface area contributed by atoms with Crippen molar-refractivity contribution < 1.29 is 47.2 Å². The molecule has 7 rings (SSSR count). The van der Waals surface area contributed by atoms with Crippen molar-refractivity contribution >= 4 is 71.9 Å². The Bertz CT molecular complexity index is 1900. The van der Waals surface area contributed by atoms with Gasteiger partial charge < -0.3 is 45.1 Å². The molecule has 20 nitrogen and oxygen atoms in total. The van der Waals surface area contributed by atoms with Crippen molar-refractivity contribution in [2.24, 2.45) is 0 Å². The number of fused-ring (bicyclic) bond motifs is 5. The standard InChI is InChI=1S/C22H27N9O11P2S2/c1-36-44(46)38-5-10-14(13(33)20(40-10)31-7-27-11-16(23)25-6-26-18(11)31)41-43(35,45)37-4-9-12(32)15(42-44)21(39-9)30-3-2-8-17(30)28-22(24)29-19(8)34/h2-3,6-7,9-10,12-15,20-21,32-33,46H,4-5H2,1H3,(H5-,23,24,25,26,28,29,34,35,45)/p+1. The number of ether oxygens (including phenoxy) is 2. The van der Waals surface area contributed by atoms with Gasteiger partial charge in [-0.1, -0.05) is 0 Å². The molecular weight excluding hydrogens is 692 g/mol. The van der Waals surface area contributed by atoms with Crippen LogP contribution in [0.5, 0.6) is 0 Å². The fraction of sp³-hybridized carbons (Fsp3) is 0.500. The molecule has 7 heterocycles. The smallest absolute Gasteiger partial charge is 0.387 e. The molecule has 0 radical (unpaired) electrons. The van der Waals surface area contributed by atoms with E-state index in [0.717, 1.165) is 0 Å². The van der Waals surface area contributed by atoms with E-state index >= 15 is 0 Å². The topological polar surface area (TPSA) is 272 Å². The number of thiol groups is 1. The summed E-state index contributed by atoms with van der Waals surface area (Å²) in [5.41, 5.74) is 11.9. The van der Waals surface area contributed by atoms with E-state index in [9.17, 15) is 19.9 Å². The van der Waals surface area contributed by atoms with Gasteiger partial charge in [-0.3, -0.25) is 18.9 Å². The third-order valence-electron chi connectivity index (χ3n) is 7.70. The summed E-state index contributed by atoms with van der Waals surface area (Å²) in [5.74, 6) is -0.0214. The van der Waals surface area contributed by atoms with Gasteiger partial charge in [-0.05, 0) is 17.9 Å². The molecule has 8 N–H and O–H groups in total. The van der Waals surface area contributed by atoms with E-state index in [-0.39, 0.29) is 40.6 Å².